The highest BCUT2D eigenvalue weighted by molar-refractivity contribution is 6.36. The maximum Gasteiger partial charge on any atom is 0.285 e. The normalized spacial score (nSPS) is 12.7. The first-order valence-corrected chi connectivity index (χ1v) is 2.51. The van der Waals surface area contributed by atoms with E-state index < -0.39 is 11.7 Å². The van der Waals surface area contributed by atoms with E-state index in [2.05, 4.69) is 21.9 Å². The topological polar surface area (TPSA) is 132 Å². The smallest absolute Gasteiger partial charge is 0.285 e. The summed E-state index contributed by atoms with van der Waals surface area (Å²) >= 11 is 0. The van der Waals surface area contributed by atoms with Gasteiger partial charge in [-0.15, -0.1) is 10.2 Å². The fraction of sp³-hybridized carbons (Fsp3) is 0. The summed E-state index contributed by atoms with van der Waals surface area (Å²) in [7, 11) is 0. The number of amidine groups is 1. The first kappa shape index (κ1) is 9.08. The van der Waals surface area contributed by atoms with Crippen LogP contribution in [0.5, 0.6) is 0 Å². The fourth-order valence-corrected chi connectivity index (χ4v) is 0.186. The molecule has 0 aromatic rings. The zero-order chi connectivity index (χ0) is 8.85. The van der Waals surface area contributed by atoms with Crippen molar-refractivity contribution in [1.82, 2.24) is 0 Å². The maximum atomic E-state index is 10.2. The van der Waals surface area contributed by atoms with Crippen molar-refractivity contribution in [2.24, 2.45) is 32.4 Å². The van der Waals surface area contributed by atoms with Crippen molar-refractivity contribution in [2.45, 2.75) is 0 Å². The van der Waals surface area contributed by atoms with Crippen LogP contribution >= 0.6 is 0 Å². The Morgan fingerprint density at radius 2 is 1.73 bits per heavy atom. The number of guanidine groups is 1. The molecule has 0 bridgehead atoms. The van der Waals surface area contributed by atoms with Crippen LogP contribution in [-0.4, -0.2) is 24.4 Å². The van der Waals surface area contributed by atoms with Gasteiger partial charge in [0, 0.05) is 0 Å². The number of amides is 1. The molecular formula is C4H8N6O. The first-order chi connectivity index (χ1) is 5.07. The summed E-state index contributed by atoms with van der Waals surface area (Å²) in [6, 6.07) is 0. The molecule has 0 radical (unpaired) electrons. The van der Waals surface area contributed by atoms with Crippen molar-refractivity contribution >= 4 is 24.4 Å². The molecule has 11 heavy (non-hydrogen) atoms. The predicted molar refractivity (Wildman–Crippen MR) is 42.0 cm³/mol. The number of nitrogens with zero attached hydrogens (tertiary/aromatic N) is 3. The van der Waals surface area contributed by atoms with Gasteiger partial charge in [-0.05, 0) is 6.72 Å². The molecule has 0 rings (SSSR count). The third-order valence-electron chi connectivity index (χ3n) is 0.675. The summed E-state index contributed by atoms with van der Waals surface area (Å²) in [5, 5.41) is 6.33. The molecule has 7 nitrogen and oxygen atoms in total. The van der Waals surface area contributed by atoms with E-state index in [0.29, 0.717) is 0 Å². The highest BCUT2D eigenvalue weighted by Gasteiger charge is 1.97. The SMILES string of the molecule is C=N/C(N)=N\N=C(/N)C(N)=O. The molecule has 0 fully saturated rings. The van der Waals surface area contributed by atoms with Gasteiger partial charge in [0.25, 0.3) is 5.91 Å². The van der Waals surface area contributed by atoms with Crippen LogP contribution in [0.25, 0.3) is 0 Å². The van der Waals surface area contributed by atoms with Gasteiger partial charge < -0.3 is 17.2 Å². The lowest BCUT2D eigenvalue weighted by Gasteiger charge is -1.88. The van der Waals surface area contributed by atoms with Gasteiger partial charge in [0.1, 0.15) is 0 Å². The number of rotatable bonds is 1. The minimum Gasteiger partial charge on any atom is -0.378 e. The lowest BCUT2D eigenvalue weighted by molar-refractivity contribution is -0.112. The van der Waals surface area contributed by atoms with Crippen LogP contribution in [0.3, 0.4) is 0 Å². The Morgan fingerprint density at radius 1 is 1.18 bits per heavy atom. The van der Waals surface area contributed by atoms with Crippen molar-refractivity contribution in [3.05, 3.63) is 0 Å². The number of carbonyl (C=O) groups is 1. The van der Waals surface area contributed by atoms with E-state index in [9.17, 15) is 4.79 Å². The van der Waals surface area contributed by atoms with Crippen LogP contribution in [0.15, 0.2) is 15.2 Å². The monoisotopic (exact) mass is 156 g/mol. The molecule has 0 aromatic heterocycles. The van der Waals surface area contributed by atoms with Gasteiger partial charge in [-0.25, -0.2) is 4.99 Å². The Bertz CT molecular complexity index is 229. The molecule has 0 atom stereocenters. The van der Waals surface area contributed by atoms with Crippen molar-refractivity contribution in [1.29, 1.82) is 0 Å². The molecule has 0 aliphatic carbocycles. The van der Waals surface area contributed by atoms with Gasteiger partial charge in [0.2, 0.25) is 11.8 Å². The van der Waals surface area contributed by atoms with Crippen LogP contribution in [-0.2, 0) is 4.79 Å². The van der Waals surface area contributed by atoms with E-state index in [0.717, 1.165) is 0 Å². The molecule has 0 saturated heterocycles. The fourth-order valence-electron chi connectivity index (χ4n) is 0.186. The summed E-state index contributed by atoms with van der Waals surface area (Å²) in [6.45, 7) is 3.05. The third-order valence-corrected chi connectivity index (χ3v) is 0.675. The molecule has 0 aliphatic heterocycles. The number of hydrogen-bond donors (Lipinski definition) is 3. The molecule has 0 spiro atoms. The average Bonchev–Trinajstić information content (AvgIpc) is 1.99. The van der Waals surface area contributed by atoms with Crippen LogP contribution in [0.4, 0.5) is 0 Å². The van der Waals surface area contributed by atoms with Crippen LogP contribution in [0.1, 0.15) is 0 Å². The molecule has 60 valence electrons. The van der Waals surface area contributed by atoms with E-state index in [1.165, 1.54) is 0 Å². The maximum absolute atomic E-state index is 10.2. The largest absolute Gasteiger partial charge is 0.378 e. The van der Waals surface area contributed by atoms with Crippen LogP contribution in [0, 0.1) is 0 Å². The van der Waals surface area contributed by atoms with Crippen molar-refractivity contribution in [3.63, 3.8) is 0 Å². The molecule has 0 aliphatic rings. The van der Waals surface area contributed by atoms with Crippen molar-refractivity contribution in [2.75, 3.05) is 0 Å². The number of carbonyl (C=O) groups excluding carboxylic acids is 1. The highest BCUT2D eigenvalue weighted by atomic mass is 16.1. The number of nitrogens with two attached hydrogens (primary N) is 3. The molecule has 0 heterocycles. The molecule has 1 amide bonds. The van der Waals surface area contributed by atoms with Gasteiger partial charge in [-0.2, -0.15) is 0 Å². The van der Waals surface area contributed by atoms with E-state index in [1.54, 1.807) is 0 Å². The number of hydrogen-bond acceptors (Lipinski definition) is 3. The molecule has 7 heteroatoms. The first-order valence-electron chi connectivity index (χ1n) is 2.51. The quantitative estimate of drug-likeness (QED) is 0.225. The van der Waals surface area contributed by atoms with Gasteiger partial charge >= 0.3 is 0 Å². The van der Waals surface area contributed by atoms with Crippen LogP contribution < -0.4 is 17.2 Å². The lowest BCUT2D eigenvalue weighted by Crippen LogP contribution is -2.30. The van der Waals surface area contributed by atoms with E-state index >= 15 is 0 Å². The summed E-state index contributed by atoms with van der Waals surface area (Å²) in [6.07, 6.45) is 0. The summed E-state index contributed by atoms with van der Waals surface area (Å²) in [5.74, 6) is -1.49. The number of aliphatic imine (C=N–C) groups is 1. The molecule has 6 N–H and O–H groups in total. The average molecular weight is 156 g/mol. The van der Waals surface area contributed by atoms with Gasteiger partial charge in [-0.1, -0.05) is 0 Å². The molecule has 0 aromatic carbocycles. The second-order valence-corrected chi connectivity index (χ2v) is 1.47. The zero-order valence-electron chi connectivity index (χ0n) is 5.69. The minimum absolute atomic E-state index is 0.186. The third kappa shape index (κ3) is 3.62. The Labute approximate surface area is 62.7 Å². The summed E-state index contributed by atoms with van der Waals surface area (Å²) < 4.78 is 0. The standard InChI is InChI=1S/C4H8N6O/c1-8-4(7)10-9-2(5)3(6)11/h1H2,(H2,5,9)(H2,6,11)(H2,7,10). The lowest BCUT2D eigenvalue weighted by atomic mass is 10.6. The second kappa shape index (κ2) is 3.99. The van der Waals surface area contributed by atoms with E-state index in [4.69, 9.17) is 17.2 Å². The Kier molecular flexibility index (Phi) is 3.29. The highest BCUT2D eigenvalue weighted by Crippen LogP contribution is 1.74. The predicted octanol–water partition coefficient (Wildman–Crippen LogP) is -2.24. The minimum atomic E-state index is -0.870. The van der Waals surface area contributed by atoms with Gasteiger partial charge in [0.15, 0.2) is 0 Å². The Balaban J connectivity index is 4.34. The second-order valence-electron chi connectivity index (χ2n) is 1.47. The molecule has 0 unspecified atom stereocenters. The summed E-state index contributed by atoms with van der Waals surface area (Å²) in [4.78, 5) is 13.4. The number of primary amides is 1. The van der Waals surface area contributed by atoms with E-state index in [-0.39, 0.29) is 5.96 Å². The van der Waals surface area contributed by atoms with E-state index in [1.807, 2.05) is 0 Å². The Morgan fingerprint density at radius 3 is 2.09 bits per heavy atom. The van der Waals surface area contributed by atoms with Gasteiger partial charge in [0.05, 0.1) is 0 Å². The van der Waals surface area contributed by atoms with Crippen LogP contribution in [0.2, 0.25) is 0 Å². The van der Waals surface area contributed by atoms with Crippen molar-refractivity contribution < 1.29 is 4.79 Å². The zero-order valence-corrected chi connectivity index (χ0v) is 5.69. The van der Waals surface area contributed by atoms with Gasteiger partial charge in [-0.3, -0.25) is 4.79 Å². The van der Waals surface area contributed by atoms with Crippen molar-refractivity contribution in [3.8, 4) is 0 Å². The Hall–Kier alpha value is -1.92. The molecule has 0 saturated carbocycles. The summed E-state index contributed by atoms with van der Waals surface area (Å²) in [5.41, 5.74) is 14.7. The molecular weight excluding hydrogens is 148 g/mol.